The minimum Gasteiger partial charge on any atom is -0.342 e. The van der Waals surface area contributed by atoms with Gasteiger partial charge in [-0.2, -0.15) is 0 Å². The maximum absolute atomic E-state index is 4.53. The largest absolute Gasteiger partial charge is 0.342 e. The predicted octanol–water partition coefficient (Wildman–Crippen LogP) is 2.42. The third-order valence-corrected chi connectivity index (χ3v) is 3.57. The zero-order valence-electron chi connectivity index (χ0n) is 10.3. The van der Waals surface area contributed by atoms with Crippen molar-refractivity contribution in [3.63, 3.8) is 0 Å². The molecule has 1 atom stereocenters. The molecule has 3 rings (SSSR count). The van der Waals surface area contributed by atoms with Crippen molar-refractivity contribution in [3.05, 3.63) is 29.6 Å². The van der Waals surface area contributed by atoms with Crippen LogP contribution in [0.5, 0.6) is 0 Å². The first-order valence-corrected chi connectivity index (χ1v) is 6.56. The Morgan fingerprint density at radius 2 is 2.35 bits per heavy atom. The lowest BCUT2D eigenvalue weighted by Gasteiger charge is -2.09. The molecular formula is C14H19N3. The second-order valence-corrected chi connectivity index (χ2v) is 4.89. The number of hydrogen-bond acceptors (Lipinski definition) is 2. The number of nitrogens with zero attached hydrogens (tertiary/aromatic N) is 1. The number of benzene rings is 1. The highest BCUT2D eigenvalue weighted by Crippen LogP contribution is 2.17. The summed E-state index contributed by atoms with van der Waals surface area (Å²) in [5.41, 5.74) is 3.67. The van der Waals surface area contributed by atoms with Gasteiger partial charge in [0.05, 0.1) is 11.0 Å². The molecule has 3 heteroatoms. The van der Waals surface area contributed by atoms with Crippen LogP contribution in [0.15, 0.2) is 18.2 Å². The monoisotopic (exact) mass is 229 g/mol. The lowest BCUT2D eigenvalue weighted by atomic mass is 10.0. The van der Waals surface area contributed by atoms with Gasteiger partial charge >= 0.3 is 0 Å². The highest BCUT2D eigenvalue weighted by atomic mass is 14.9. The second-order valence-electron chi connectivity index (χ2n) is 4.89. The SMILES string of the molecule is CCc1nc2ccc(CC3CCCN3)cc2[nH]1. The number of imidazole rings is 1. The maximum atomic E-state index is 4.53. The quantitative estimate of drug-likeness (QED) is 0.848. The van der Waals surface area contributed by atoms with Crippen molar-refractivity contribution in [2.75, 3.05) is 6.54 Å². The summed E-state index contributed by atoms with van der Waals surface area (Å²) in [5, 5.41) is 3.54. The summed E-state index contributed by atoms with van der Waals surface area (Å²) in [6.07, 6.45) is 4.72. The first kappa shape index (κ1) is 10.8. The Morgan fingerprint density at radius 1 is 1.41 bits per heavy atom. The Hall–Kier alpha value is -1.35. The molecule has 1 aromatic carbocycles. The van der Waals surface area contributed by atoms with Crippen LogP contribution < -0.4 is 5.32 Å². The zero-order valence-corrected chi connectivity index (χ0v) is 10.3. The van der Waals surface area contributed by atoms with Gasteiger partial charge in [-0.25, -0.2) is 4.98 Å². The molecule has 0 bridgehead atoms. The van der Waals surface area contributed by atoms with E-state index in [1.54, 1.807) is 0 Å². The molecule has 0 aliphatic carbocycles. The van der Waals surface area contributed by atoms with Gasteiger partial charge in [0.1, 0.15) is 5.82 Å². The van der Waals surface area contributed by atoms with E-state index in [1.807, 2.05) is 0 Å². The van der Waals surface area contributed by atoms with Crippen LogP contribution in [-0.2, 0) is 12.8 Å². The molecule has 1 unspecified atom stereocenters. The van der Waals surface area contributed by atoms with Crippen molar-refractivity contribution in [2.24, 2.45) is 0 Å². The maximum Gasteiger partial charge on any atom is 0.106 e. The molecular weight excluding hydrogens is 210 g/mol. The summed E-state index contributed by atoms with van der Waals surface area (Å²) in [5.74, 6) is 1.08. The molecule has 90 valence electrons. The van der Waals surface area contributed by atoms with Crippen LogP contribution in [0.2, 0.25) is 0 Å². The van der Waals surface area contributed by atoms with E-state index >= 15 is 0 Å². The fraction of sp³-hybridized carbons (Fsp3) is 0.500. The summed E-state index contributed by atoms with van der Waals surface area (Å²) in [7, 11) is 0. The van der Waals surface area contributed by atoms with E-state index in [9.17, 15) is 0 Å². The molecule has 17 heavy (non-hydrogen) atoms. The molecule has 1 aliphatic heterocycles. The van der Waals surface area contributed by atoms with E-state index in [2.05, 4.69) is 40.4 Å². The van der Waals surface area contributed by atoms with E-state index in [0.29, 0.717) is 6.04 Å². The van der Waals surface area contributed by atoms with Crippen LogP contribution in [0.25, 0.3) is 11.0 Å². The lowest BCUT2D eigenvalue weighted by molar-refractivity contribution is 0.603. The van der Waals surface area contributed by atoms with Crippen LogP contribution in [-0.4, -0.2) is 22.6 Å². The molecule has 2 N–H and O–H groups in total. The van der Waals surface area contributed by atoms with Crippen LogP contribution >= 0.6 is 0 Å². The number of aryl methyl sites for hydroxylation is 1. The molecule has 0 saturated carbocycles. The molecule has 0 radical (unpaired) electrons. The summed E-state index contributed by atoms with van der Waals surface area (Å²) < 4.78 is 0. The average molecular weight is 229 g/mol. The fourth-order valence-electron chi connectivity index (χ4n) is 2.62. The van der Waals surface area contributed by atoms with Gasteiger partial charge in [-0.1, -0.05) is 13.0 Å². The third-order valence-electron chi connectivity index (χ3n) is 3.57. The molecule has 0 spiro atoms. The van der Waals surface area contributed by atoms with Gasteiger partial charge < -0.3 is 10.3 Å². The predicted molar refractivity (Wildman–Crippen MR) is 70.2 cm³/mol. The normalized spacial score (nSPS) is 20.2. The van der Waals surface area contributed by atoms with E-state index in [-0.39, 0.29) is 0 Å². The molecule has 1 saturated heterocycles. The first-order chi connectivity index (χ1) is 8.35. The minimum absolute atomic E-state index is 0.668. The van der Waals surface area contributed by atoms with Crippen molar-refractivity contribution in [1.29, 1.82) is 0 Å². The number of aromatic amines is 1. The molecule has 1 aromatic heterocycles. The molecule has 2 heterocycles. The number of H-pyrrole nitrogens is 1. The highest BCUT2D eigenvalue weighted by Gasteiger charge is 2.14. The highest BCUT2D eigenvalue weighted by molar-refractivity contribution is 5.75. The van der Waals surface area contributed by atoms with Crippen LogP contribution in [0.1, 0.15) is 31.2 Å². The van der Waals surface area contributed by atoms with Gasteiger partial charge in [-0.05, 0) is 43.5 Å². The van der Waals surface area contributed by atoms with Gasteiger partial charge in [0.15, 0.2) is 0 Å². The van der Waals surface area contributed by atoms with E-state index < -0.39 is 0 Å². The molecule has 0 amide bonds. The van der Waals surface area contributed by atoms with Crippen LogP contribution in [0.4, 0.5) is 0 Å². The van der Waals surface area contributed by atoms with Gasteiger partial charge in [-0.3, -0.25) is 0 Å². The Bertz CT molecular complexity index is 509. The molecule has 2 aromatic rings. The Balaban J connectivity index is 1.84. The van der Waals surface area contributed by atoms with Crippen LogP contribution in [0.3, 0.4) is 0 Å². The van der Waals surface area contributed by atoms with E-state index in [4.69, 9.17) is 0 Å². The number of nitrogens with one attached hydrogen (secondary N) is 2. The Labute approximate surface area is 102 Å². The number of hydrogen-bond donors (Lipinski definition) is 2. The summed E-state index contributed by atoms with van der Waals surface area (Å²) in [6, 6.07) is 7.26. The number of rotatable bonds is 3. The van der Waals surface area contributed by atoms with Gasteiger partial charge in [-0.15, -0.1) is 0 Å². The Morgan fingerprint density at radius 3 is 3.12 bits per heavy atom. The van der Waals surface area contributed by atoms with Crippen LogP contribution in [0, 0.1) is 0 Å². The third kappa shape index (κ3) is 2.20. The fourth-order valence-corrected chi connectivity index (χ4v) is 2.62. The van der Waals surface area contributed by atoms with E-state index in [1.165, 1.54) is 30.5 Å². The molecule has 3 nitrogen and oxygen atoms in total. The average Bonchev–Trinajstić information content (AvgIpc) is 2.96. The molecule has 1 fully saturated rings. The first-order valence-electron chi connectivity index (χ1n) is 6.56. The minimum atomic E-state index is 0.668. The van der Waals surface area contributed by atoms with Crippen molar-refractivity contribution < 1.29 is 0 Å². The van der Waals surface area contributed by atoms with Gasteiger partial charge in [0, 0.05) is 12.5 Å². The molecule has 1 aliphatic rings. The zero-order chi connectivity index (χ0) is 11.7. The smallest absolute Gasteiger partial charge is 0.106 e. The van der Waals surface area contributed by atoms with Crippen molar-refractivity contribution in [3.8, 4) is 0 Å². The summed E-state index contributed by atoms with van der Waals surface area (Å²) in [4.78, 5) is 7.91. The van der Waals surface area contributed by atoms with Gasteiger partial charge in [0.25, 0.3) is 0 Å². The second kappa shape index (κ2) is 4.49. The number of fused-ring (bicyclic) bond motifs is 1. The Kier molecular flexibility index (Phi) is 2.85. The van der Waals surface area contributed by atoms with Gasteiger partial charge in [0.2, 0.25) is 0 Å². The van der Waals surface area contributed by atoms with Crippen molar-refractivity contribution in [1.82, 2.24) is 15.3 Å². The number of aromatic nitrogens is 2. The summed E-state index contributed by atoms with van der Waals surface area (Å²) >= 11 is 0. The van der Waals surface area contributed by atoms with Crippen molar-refractivity contribution >= 4 is 11.0 Å². The lowest BCUT2D eigenvalue weighted by Crippen LogP contribution is -2.23. The summed E-state index contributed by atoms with van der Waals surface area (Å²) in [6.45, 7) is 3.30. The van der Waals surface area contributed by atoms with E-state index in [0.717, 1.165) is 24.2 Å². The topological polar surface area (TPSA) is 40.7 Å². The standard InChI is InChI=1S/C14H19N3/c1-2-14-16-12-6-5-10(9-13(12)17-14)8-11-4-3-7-15-11/h5-6,9,11,15H,2-4,7-8H2,1H3,(H,16,17). The van der Waals surface area contributed by atoms with Crippen molar-refractivity contribution in [2.45, 2.75) is 38.6 Å².